The van der Waals surface area contributed by atoms with E-state index >= 15 is 0 Å². The molecule has 0 saturated heterocycles. The molecule has 10 heteroatoms. The van der Waals surface area contributed by atoms with Crippen molar-refractivity contribution < 1.29 is 14.3 Å². The Hall–Kier alpha value is -2.98. The van der Waals surface area contributed by atoms with Gasteiger partial charge in [0.25, 0.3) is 5.91 Å². The molecule has 1 aromatic heterocycles. The lowest BCUT2D eigenvalue weighted by molar-refractivity contribution is 0.0519. The van der Waals surface area contributed by atoms with Crippen LogP contribution in [0.4, 0.5) is 17.8 Å². The highest BCUT2D eigenvalue weighted by molar-refractivity contribution is 5.94. The standard InChI is InChI=1S/C25H37N7O3/c33-22(19-7-2-1-3-8-19)26-13-15-34-17-18-35-16-14-27-23-30-24(28-20-9-4-5-10-20)32-25(31-23)29-21-11-6-12-21/h1-3,7-8,20-21H,4-6,9-18H2,(H,26,33)(H3,27,28,29,30,31,32). The minimum atomic E-state index is -0.0949. The van der Waals surface area contributed by atoms with Gasteiger partial charge in [-0.25, -0.2) is 0 Å². The van der Waals surface area contributed by atoms with Crippen LogP contribution in [-0.2, 0) is 9.47 Å². The van der Waals surface area contributed by atoms with E-state index < -0.39 is 0 Å². The second kappa shape index (κ2) is 13.8. The number of benzene rings is 1. The summed E-state index contributed by atoms with van der Waals surface area (Å²) in [7, 11) is 0. The fraction of sp³-hybridized carbons (Fsp3) is 0.600. The van der Waals surface area contributed by atoms with Crippen LogP contribution in [-0.4, -0.2) is 72.5 Å². The number of amides is 1. The summed E-state index contributed by atoms with van der Waals surface area (Å²) in [5.74, 6) is 1.71. The molecule has 1 heterocycles. The first-order chi connectivity index (χ1) is 17.3. The number of hydrogen-bond donors (Lipinski definition) is 4. The number of rotatable bonds is 15. The normalized spacial score (nSPS) is 16.0. The SMILES string of the molecule is O=C(NCCOCCOCCNc1nc(NC2CCCC2)nc(NC2CCC2)n1)c1ccccc1. The molecule has 0 radical (unpaired) electrons. The van der Waals surface area contributed by atoms with Crippen molar-refractivity contribution in [1.82, 2.24) is 20.3 Å². The van der Waals surface area contributed by atoms with E-state index in [9.17, 15) is 4.79 Å². The summed E-state index contributed by atoms with van der Waals surface area (Å²) in [5.41, 5.74) is 0.647. The van der Waals surface area contributed by atoms with Gasteiger partial charge < -0.3 is 30.7 Å². The summed E-state index contributed by atoms with van der Waals surface area (Å²) in [4.78, 5) is 25.6. The summed E-state index contributed by atoms with van der Waals surface area (Å²) in [6, 6.07) is 10.0. The molecule has 190 valence electrons. The monoisotopic (exact) mass is 483 g/mol. The maximum absolute atomic E-state index is 11.9. The van der Waals surface area contributed by atoms with Gasteiger partial charge in [0, 0.05) is 30.7 Å². The molecule has 0 aliphatic heterocycles. The molecular weight excluding hydrogens is 446 g/mol. The largest absolute Gasteiger partial charge is 0.377 e. The van der Waals surface area contributed by atoms with Crippen molar-refractivity contribution in [3.8, 4) is 0 Å². The van der Waals surface area contributed by atoms with Gasteiger partial charge in [0.15, 0.2) is 0 Å². The number of anilines is 3. The Morgan fingerprint density at radius 3 is 1.91 bits per heavy atom. The number of ether oxygens (including phenoxy) is 2. The van der Waals surface area contributed by atoms with Gasteiger partial charge in [0.05, 0.1) is 26.4 Å². The minimum absolute atomic E-state index is 0.0949. The van der Waals surface area contributed by atoms with Gasteiger partial charge >= 0.3 is 0 Å². The highest BCUT2D eigenvalue weighted by Gasteiger charge is 2.20. The molecular formula is C25H37N7O3. The van der Waals surface area contributed by atoms with Crippen molar-refractivity contribution >= 4 is 23.8 Å². The van der Waals surface area contributed by atoms with Crippen molar-refractivity contribution in [1.29, 1.82) is 0 Å². The molecule has 4 rings (SSSR count). The smallest absolute Gasteiger partial charge is 0.251 e. The van der Waals surface area contributed by atoms with Gasteiger partial charge in [0.1, 0.15) is 0 Å². The average Bonchev–Trinajstić information content (AvgIpc) is 3.36. The van der Waals surface area contributed by atoms with Gasteiger partial charge in [0.2, 0.25) is 17.8 Å². The minimum Gasteiger partial charge on any atom is -0.377 e. The number of nitrogens with one attached hydrogen (secondary N) is 4. The molecule has 2 aliphatic carbocycles. The molecule has 4 N–H and O–H groups in total. The highest BCUT2D eigenvalue weighted by atomic mass is 16.5. The third-order valence-electron chi connectivity index (χ3n) is 6.23. The molecule has 2 saturated carbocycles. The summed E-state index contributed by atoms with van der Waals surface area (Å²) in [6.07, 6.45) is 8.41. The maximum atomic E-state index is 11.9. The lowest BCUT2D eigenvalue weighted by Crippen LogP contribution is -2.29. The molecule has 10 nitrogen and oxygen atoms in total. The zero-order chi connectivity index (χ0) is 24.1. The first-order valence-corrected chi connectivity index (χ1v) is 12.8. The third kappa shape index (κ3) is 8.63. The number of nitrogens with zero attached hydrogens (tertiary/aromatic N) is 3. The number of carbonyl (C=O) groups is 1. The number of carbonyl (C=O) groups excluding carboxylic acids is 1. The zero-order valence-corrected chi connectivity index (χ0v) is 20.3. The fourth-order valence-corrected chi connectivity index (χ4v) is 4.06. The average molecular weight is 484 g/mol. The van der Waals surface area contributed by atoms with Gasteiger partial charge in [-0.2, -0.15) is 15.0 Å². The van der Waals surface area contributed by atoms with Crippen LogP contribution in [0.5, 0.6) is 0 Å². The molecule has 2 aromatic rings. The highest BCUT2D eigenvalue weighted by Crippen LogP contribution is 2.24. The van der Waals surface area contributed by atoms with Crippen LogP contribution in [0.3, 0.4) is 0 Å². The quantitative estimate of drug-likeness (QED) is 0.283. The molecule has 35 heavy (non-hydrogen) atoms. The van der Waals surface area contributed by atoms with Gasteiger partial charge in [-0.15, -0.1) is 0 Å². The zero-order valence-electron chi connectivity index (χ0n) is 20.3. The van der Waals surface area contributed by atoms with Gasteiger partial charge in [-0.3, -0.25) is 4.79 Å². The van der Waals surface area contributed by atoms with Crippen molar-refractivity contribution in [3.63, 3.8) is 0 Å². The van der Waals surface area contributed by atoms with Gasteiger partial charge in [-0.1, -0.05) is 31.0 Å². The lowest BCUT2D eigenvalue weighted by atomic mass is 9.93. The Bertz CT molecular complexity index is 905. The lowest BCUT2D eigenvalue weighted by Gasteiger charge is -2.26. The van der Waals surface area contributed by atoms with Crippen molar-refractivity contribution in [3.05, 3.63) is 35.9 Å². The first-order valence-electron chi connectivity index (χ1n) is 12.8. The van der Waals surface area contributed by atoms with E-state index in [1.807, 2.05) is 18.2 Å². The molecule has 2 aliphatic rings. The van der Waals surface area contributed by atoms with E-state index in [-0.39, 0.29) is 5.91 Å². The summed E-state index contributed by atoms with van der Waals surface area (Å²) >= 11 is 0. The summed E-state index contributed by atoms with van der Waals surface area (Å²) < 4.78 is 11.2. The van der Waals surface area contributed by atoms with Crippen LogP contribution in [0.15, 0.2) is 30.3 Å². The van der Waals surface area contributed by atoms with E-state index in [0.717, 1.165) is 25.7 Å². The predicted molar refractivity (Wildman–Crippen MR) is 136 cm³/mol. The Morgan fingerprint density at radius 2 is 1.31 bits per heavy atom. The van der Waals surface area contributed by atoms with Crippen LogP contribution < -0.4 is 21.3 Å². The topological polar surface area (TPSA) is 122 Å². The van der Waals surface area contributed by atoms with Crippen molar-refractivity contribution in [2.45, 2.75) is 57.0 Å². The molecule has 0 spiro atoms. The Labute approximate surface area is 207 Å². The fourth-order valence-electron chi connectivity index (χ4n) is 4.06. The molecule has 0 unspecified atom stereocenters. The van der Waals surface area contributed by atoms with E-state index in [4.69, 9.17) is 9.47 Å². The Kier molecular flexibility index (Phi) is 9.90. The second-order valence-electron chi connectivity index (χ2n) is 8.98. The van der Waals surface area contributed by atoms with Crippen LogP contribution in [0.25, 0.3) is 0 Å². The number of hydrogen-bond acceptors (Lipinski definition) is 9. The Balaban J connectivity index is 1.09. The van der Waals surface area contributed by atoms with Crippen LogP contribution >= 0.6 is 0 Å². The van der Waals surface area contributed by atoms with Crippen LogP contribution in [0, 0.1) is 0 Å². The van der Waals surface area contributed by atoms with Gasteiger partial charge in [-0.05, 0) is 44.2 Å². The summed E-state index contributed by atoms with van der Waals surface area (Å²) in [5, 5.41) is 13.0. The second-order valence-corrected chi connectivity index (χ2v) is 8.98. The molecule has 0 bridgehead atoms. The molecule has 0 atom stereocenters. The maximum Gasteiger partial charge on any atom is 0.251 e. The van der Waals surface area contributed by atoms with Crippen molar-refractivity contribution in [2.24, 2.45) is 0 Å². The Morgan fingerprint density at radius 1 is 0.743 bits per heavy atom. The third-order valence-corrected chi connectivity index (χ3v) is 6.23. The van der Waals surface area contributed by atoms with E-state index in [0.29, 0.717) is 75.0 Å². The van der Waals surface area contributed by atoms with Crippen LogP contribution in [0.2, 0.25) is 0 Å². The van der Waals surface area contributed by atoms with E-state index in [1.165, 1.54) is 19.3 Å². The number of aromatic nitrogens is 3. The van der Waals surface area contributed by atoms with E-state index in [1.54, 1.807) is 12.1 Å². The molecule has 1 aromatic carbocycles. The van der Waals surface area contributed by atoms with E-state index in [2.05, 4.69) is 36.2 Å². The molecule has 2 fully saturated rings. The summed E-state index contributed by atoms with van der Waals surface area (Å²) in [6.45, 7) is 2.95. The molecule has 1 amide bonds. The first kappa shape index (κ1) is 25.1. The predicted octanol–water partition coefficient (Wildman–Crippen LogP) is 3.07. The van der Waals surface area contributed by atoms with Crippen LogP contribution in [0.1, 0.15) is 55.3 Å². The van der Waals surface area contributed by atoms with Crippen molar-refractivity contribution in [2.75, 3.05) is 55.5 Å².